The molecule has 0 atom stereocenters. The smallest absolute Gasteiger partial charge is 0.406 e. The van der Waals surface area contributed by atoms with Crippen LogP contribution < -0.4 is 15.8 Å². The van der Waals surface area contributed by atoms with Crippen LogP contribution >= 0.6 is 0 Å². The fraction of sp³-hybridized carbons (Fsp3) is 0.609. The molecule has 1 fully saturated rings. The highest BCUT2D eigenvalue weighted by Crippen LogP contribution is 2.23. The molecule has 0 unspecified atom stereocenters. The maximum absolute atomic E-state index is 12.2. The Kier molecular flexibility index (Phi) is 13.0. The van der Waals surface area contributed by atoms with Gasteiger partial charge in [0.2, 0.25) is 5.91 Å². The molecule has 1 aromatic rings. The molecule has 0 spiro atoms. The van der Waals surface area contributed by atoms with Gasteiger partial charge in [-0.15, -0.1) is 13.2 Å². The number of rotatable bonds is 15. The number of nitrogens with two attached hydrogens (primary N) is 1. The van der Waals surface area contributed by atoms with E-state index >= 15 is 0 Å². The molecular weight excluding hydrogens is 485 g/mol. The zero-order valence-corrected chi connectivity index (χ0v) is 20.1. The average Bonchev–Trinajstić information content (AvgIpc) is 2.83. The Bertz CT molecular complexity index is 830. The van der Waals surface area contributed by atoms with Crippen molar-refractivity contribution < 1.29 is 41.7 Å². The van der Waals surface area contributed by atoms with Gasteiger partial charge in [0.25, 0.3) is 5.91 Å². The number of anilines is 1. The molecule has 1 aliphatic heterocycles. The maximum atomic E-state index is 12.2. The number of amides is 2. The van der Waals surface area contributed by atoms with Gasteiger partial charge in [-0.2, -0.15) is 4.99 Å². The van der Waals surface area contributed by atoms with E-state index in [1.54, 1.807) is 0 Å². The van der Waals surface area contributed by atoms with E-state index in [0.29, 0.717) is 25.4 Å². The first-order valence-corrected chi connectivity index (χ1v) is 11.7. The third-order valence-electron chi connectivity index (χ3n) is 4.97. The van der Waals surface area contributed by atoms with Crippen molar-refractivity contribution in [1.29, 1.82) is 0 Å². The van der Waals surface area contributed by atoms with E-state index in [4.69, 9.17) is 19.9 Å². The summed E-state index contributed by atoms with van der Waals surface area (Å²) in [5.41, 5.74) is 6.28. The maximum Gasteiger partial charge on any atom is 0.573 e. The second-order valence-electron chi connectivity index (χ2n) is 7.90. The van der Waals surface area contributed by atoms with Crippen molar-refractivity contribution >= 4 is 23.3 Å². The van der Waals surface area contributed by atoms with Crippen molar-refractivity contribution in [2.45, 2.75) is 32.0 Å². The van der Waals surface area contributed by atoms with Crippen LogP contribution in [-0.2, 0) is 23.8 Å². The fourth-order valence-corrected chi connectivity index (χ4v) is 3.25. The lowest BCUT2D eigenvalue weighted by molar-refractivity contribution is -0.274. The topological polar surface area (TPSA) is 125 Å². The summed E-state index contributed by atoms with van der Waals surface area (Å²) >= 11 is 0. The van der Waals surface area contributed by atoms with Crippen LogP contribution in [0.4, 0.5) is 18.9 Å². The summed E-state index contributed by atoms with van der Waals surface area (Å²) in [4.78, 5) is 29.3. The Morgan fingerprint density at radius 3 is 2.19 bits per heavy atom. The molecule has 1 heterocycles. The zero-order valence-electron chi connectivity index (χ0n) is 20.1. The molecule has 0 saturated carbocycles. The van der Waals surface area contributed by atoms with E-state index in [-0.39, 0.29) is 50.3 Å². The number of alkyl halides is 3. The summed E-state index contributed by atoms with van der Waals surface area (Å²) in [6.45, 7) is 2.75. The van der Waals surface area contributed by atoms with Gasteiger partial charge in [-0.25, -0.2) is 0 Å². The first-order valence-electron chi connectivity index (χ1n) is 11.7. The Morgan fingerprint density at radius 1 is 0.944 bits per heavy atom. The van der Waals surface area contributed by atoms with Crippen LogP contribution in [0.1, 0.15) is 25.7 Å². The van der Waals surface area contributed by atoms with Crippen LogP contribution in [0, 0.1) is 0 Å². The molecule has 3 N–H and O–H groups in total. The molecule has 1 aliphatic rings. The lowest BCUT2D eigenvalue weighted by Gasteiger charge is -2.26. The molecule has 2 rings (SSSR count). The molecule has 36 heavy (non-hydrogen) atoms. The Balaban J connectivity index is 1.46. The number of amidine groups is 1. The predicted octanol–water partition coefficient (Wildman–Crippen LogP) is 2.33. The molecular formula is C23H33F3N4O6. The summed E-state index contributed by atoms with van der Waals surface area (Å²) in [5, 5.41) is 2.95. The molecule has 13 heteroatoms. The number of nitrogens with zero attached hydrogens (tertiary/aromatic N) is 2. The lowest BCUT2D eigenvalue weighted by atomic mass is 10.1. The SMILES string of the molecule is NC(CCNc1ccc(OC(F)(F)F)cc1)=NC(=O)COCCOCCOCC(=O)N1CCCCC1. The number of halogens is 3. The number of aliphatic imine (C=N–C) groups is 1. The van der Waals surface area contributed by atoms with Crippen molar-refractivity contribution in [3.63, 3.8) is 0 Å². The van der Waals surface area contributed by atoms with E-state index in [9.17, 15) is 22.8 Å². The molecule has 0 radical (unpaired) electrons. The molecule has 0 bridgehead atoms. The summed E-state index contributed by atoms with van der Waals surface area (Å²) in [7, 11) is 0. The molecule has 10 nitrogen and oxygen atoms in total. The Labute approximate surface area is 207 Å². The highest BCUT2D eigenvalue weighted by Gasteiger charge is 2.30. The summed E-state index contributed by atoms with van der Waals surface area (Å²) in [6, 6.07) is 5.22. The lowest BCUT2D eigenvalue weighted by Crippen LogP contribution is -2.38. The number of hydrogen-bond acceptors (Lipinski definition) is 7. The number of carbonyl (C=O) groups excluding carboxylic acids is 2. The number of hydrogen-bond donors (Lipinski definition) is 2. The van der Waals surface area contributed by atoms with Crippen LogP contribution in [0.25, 0.3) is 0 Å². The van der Waals surface area contributed by atoms with Crippen LogP contribution in [0.2, 0.25) is 0 Å². The first-order chi connectivity index (χ1) is 17.2. The average molecular weight is 519 g/mol. The quantitative estimate of drug-likeness (QED) is 0.206. The van der Waals surface area contributed by atoms with Crippen molar-refractivity contribution in [2.75, 3.05) is 64.6 Å². The van der Waals surface area contributed by atoms with Gasteiger partial charge in [-0.05, 0) is 43.5 Å². The minimum absolute atomic E-state index is 0.000713. The van der Waals surface area contributed by atoms with Crippen molar-refractivity contribution in [1.82, 2.24) is 4.90 Å². The van der Waals surface area contributed by atoms with Crippen LogP contribution in [0.5, 0.6) is 5.75 Å². The zero-order chi connectivity index (χ0) is 26.2. The number of carbonyl (C=O) groups is 2. The standard InChI is InChI=1S/C23H33F3N4O6/c24-23(25,26)36-19-6-4-18(5-7-19)28-9-8-20(27)29-21(31)16-34-14-12-33-13-15-35-17-22(32)30-10-2-1-3-11-30/h4-7,28H,1-3,8-17H2,(H2,27,29,31). The number of ether oxygens (including phenoxy) is 4. The number of piperidine rings is 1. The van der Waals surface area contributed by atoms with Gasteiger partial charge in [-0.3, -0.25) is 9.59 Å². The van der Waals surface area contributed by atoms with E-state index < -0.39 is 12.3 Å². The Morgan fingerprint density at radius 2 is 1.56 bits per heavy atom. The van der Waals surface area contributed by atoms with Gasteiger partial charge in [-0.1, -0.05) is 0 Å². The van der Waals surface area contributed by atoms with Gasteiger partial charge < -0.3 is 34.9 Å². The minimum atomic E-state index is -4.74. The van der Waals surface area contributed by atoms with Gasteiger partial charge in [0.05, 0.1) is 26.4 Å². The number of nitrogens with one attached hydrogen (secondary N) is 1. The molecule has 2 amide bonds. The number of benzene rings is 1. The molecule has 202 valence electrons. The van der Waals surface area contributed by atoms with Crippen LogP contribution in [-0.4, -0.2) is 88.2 Å². The normalized spacial score (nSPS) is 14.5. The van der Waals surface area contributed by atoms with Gasteiger partial charge in [0.15, 0.2) is 0 Å². The third-order valence-corrected chi connectivity index (χ3v) is 4.97. The second-order valence-corrected chi connectivity index (χ2v) is 7.90. The largest absolute Gasteiger partial charge is 0.573 e. The van der Waals surface area contributed by atoms with Gasteiger partial charge in [0, 0.05) is 31.7 Å². The first kappa shape index (κ1) is 29.3. The monoisotopic (exact) mass is 518 g/mol. The minimum Gasteiger partial charge on any atom is -0.406 e. The van der Waals surface area contributed by atoms with E-state index in [1.165, 1.54) is 24.3 Å². The van der Waals surface area contributed by atoms with Gasteiger partial charge in [0.1, 0.15) is 24.8 Å². The van der Waals surface area contributed by atoms with E-state index in [2.05, 4.69) is 15.0 Å². The summed E-state index contributed by atoms with van der Waals surface area (Å²) < 4.78 is 56.1. The van der Waals surface area contributed by atoms with E-state index in [0.717, 1.165) is 32.4 Å². The fourth-order valence-electron chi connectivity index (χ4n) is 3.25. The molecule has 0 aliphatic carbocycles. The van der Waals surface area contributed by atoms with Crippen LogP contribution in [0.3, 0.4) is 0 Å². The molecule has 1 saturated heterocycles. The molecule has 0 aromatic heterocycles. The highest BCUT2D eigenvalue weighted by atomic mass is 19.4. The van der Waals surface area contributed by atoms with Crippen molar-refractivity contribution in [3.8, 4) is 5.75 Å². The van der Waals surface area contributed by atoms with Crippen molar-refractivity contribution in [2.24, 2.45) is 10.7 Å². The van der Waals surface area contributed by atoms with E-state index in [1.807, 2.05) is 4.90 Å². The number of likely N-dealkylation sites (tertiary alicyclic amines) is 1. The third kappa shape index (κ3) is 13.3. The van der Waals surface area contributed by atoms with Crippen LogP contribution in [0.15, 0.2) is 29.3 Å². The van der Waals surface area contributed by atoms with Crippen molar-refractivity contribution in [3.05, 3.63) is 24.3 Å². The van der Waals surface area contributed by atoms with Gasteiger partial charge >= 0.3 is 6.36 Å². The second kappa shape index (κ2) is 16.0. The molecule has 1 aromatic carbocycles. The Hall–Kier alpha value is -2.90. The summed E-state index contributed by atoms with van der Waals surface area (Å²) in [5.74, 6) is -0.764. The summed E-state index contributed by atoms with van der Waals surface area (Å²) in [6.07, 6.45) is -1.26. The highest BCUT2D eigenvalue weighted by molar-refractivity contribution is 5.94. The predicted molar refractivity (Wildman–Crippen MR) is 126 cm³/mol.